The molecule has 0 aromatic rings. The topological polar surface area (TPSA) is 34.1 Å². The summed E-state index contributed by atoms with van der Waals surface area (Å²) in [5, 5.41) is 0. The maximum absolute atomic E-state index is 13.6. The minimum atomic E-state index is -0.102. The van der Waals surface area contributed by atoms with Crippen LogP contribution >= 0.6 is 0 Å². The highest BCUT2D eigenvalue weighted by molar-refractivity contribution is 5.87. The quantitative estimate of drug-likeness (QED) is 0.569. The maximum Gasteiger partial charge on any atom is 0.139 e. The van der Waals surface area contributed by atoms with Crippen molar-refractivity contribution < 1.29 is 9.59 Å². The molecule has 0 aromatic carbocycles. The van der Waals surface area contributed by atoms with Crippen LogP contribution in [0.15, 0.2) is 12.7 Å². The number of carbonyl (C=O) groups is 2. The van der Waals surface area contributed by atoms with Crippen LogP contribution in [-0.2, 0) is 9.59 Å². The standard InChI is InChI=1S/C25H38O2/c1-5-6-7-16(2)20-10-11-21-19-9-8-17-14-18(26)12-13-24(17,3)22(19)15-23(27)25(20,21)4/h5,16-17,19-22H,1,6-15H2,2-4H3/t16-,17-,19+,20-,21+,22+,24+,25-/m1/s1. The highest BCUT2D eigenvalue weighted by Crippen LogP contribution is 2.67. The summed E-state index contributed by atoms with van der Waals surface area (Å²) >= 11 is 0. The second kappa shape index (κ2) is 6.85. The van der Waals surface area contributed by atoms with Crippen molar-refractivity contribution in [3.05, 3.63) is 12.7 Å². The van der Waals surface area contributed by atoms with Crippen LogP contribution in [0.1, 0.15) is 85.0 Å². The van der Waals surface area contributed by atoms with E-state index in [0.29, 0.717) is 47.1 Å². The van der Waals surface area contributed by atoms with Crippen molar-refractivity contribution in [2.24, 2.45) is 46.3 Å². The molecule has 0 amide bonds. The van der Waals surface area contributed by atoms with Crippen LogP contribution in [0.2, 0.25) is 0 Å². The van der Waals surface area contributed by atoms with Crippen molar-refractivity contribution in [2.45, 2.75) is 85.0 Å². The van der Waals surface area contributed by atoms with Gasteiger partial charge in [0.1, 0.15) is 11.6 Å². The predicted octanol–water partition coefficient (Wildman–Crippen LogP) is 6.00. The number of hydrogen-bond donors (Lipinski definition) is 0. The molecule has 4 saturated carbocycles. The van der Waals surface area contributed by atoms with E-state index in [1.54, 1.807) is 0 Å². The Bertz CT molecular complexity index is 636. The first-order chi connectivity index (χ1) is 12.8. The minimum absolute atomic E-state index is 0.102. The van der Waals surface area contributed by atoms with Gasteiger partial charge in [0.25, 0.3) is 0 Å². The Hall–Kier alpha value is -0.920. The molecule has 150 valence electrons. The molecule has 27 heavy (non-hydrogen) atoms. The lowest BCUT2D eigenvalue weighted by molar-refractivity contribution is -0.159. The van der Waals surface area contributed by atoms with Gasteiger partial charge in [-0.1, -0.05) is 26.8 Å². The highest BCUT2D eigenvalue weighted by atomic mass is 16.1. The Morgan fingerprint density at radius 1 is 1.11 bits per heavy atom. The molecule has 0 saturated heterocycles. The van der Waals surface area contributed by atoms with Crippen LogP contribution in [0.5, 0.6) is 0 Å². The van der Waals surface area contributed by atoms with Crippen LogP contribution in [0.4, 0.5) is 0 Å². The van der Waals surface area contributed by atoms with Gasteiger partial charge in [-0.2, -0.15) is 0 Å². The van der Waals surface area contributed by atoms with Gasteiger partial charge in [-0.05, 0) is 85.9 Å². The van der Waals surface area contributed by atoms with E-state index in [0.717, 1.165) is 32.1 Å². The van der Waals surface area contributed by atoms with E-state index in [1.807, 2.05) is 6.08 Å². The third kappa shape index (κ3) is 2.80. The van der Waals surface area contributed by atoms with Gasteiger partial charge in [-0.3, -0.25) is 9.59 Å². The molecule has 0 radical (unpaired) electrons. The molecule has 0 spiro atoms. The van der Waals surface area contributed by atoms with Crippen LogP contribution in [-0.4, -0.2) is 11.6 Å². The summed E-state index contributed by atoms with van der Waals surface area (Å²) in [6.45, 7) is 11.0. The lowest BCUT2D eigenvalue weighted by Gasteiger charge is -2.59. The molecule has 8 atom stereocenters. The van der Waals surface area contributed by atoms with Crippen LogP contribution in [0.3, 0.4) is 0 Å². The third-order valence-electron chi connectivity index (χ3n) is 9.93. The molecular weight excluding hydrogens is 332 g/mol. The average Bonchev–Trinajstić information content (AvgIpc) is 3.00. The minimum Gasteiger partial charge on any atom is -0.300 e. The maximum atomic E-state index is 13.6. The van der Waals surface area contributed by atoms with Gasteiger partial charge >= 0.3 is 0 Å². The van der Waals surface area contributed by atoms with Gasteiger partial charge in [0.15, 0.2) is 0 Å². The number of hydrogen-bond acceptors (Lipinski definition) is 2. The number of rotatable bonds is 4. The first-order valence-corrected chi connectivity index (χ1v) is 11.5. The molecule has 0 heterocycles. The van der Waals surface area contributed by atoms with Gasteiger partial charge < -0.3 is 0 Å². The molecule has 0 aromatic heterocycles. The Kier molecular flexibility index (Phi) is 4.92. The zero-order chi connectivity index (χ0) is 19.4. The summed E-state index contributed by atoms with van der Waals surface area (Å²) in [5.74, 6) is 4.51. The molecule has 2 nitrogen and oxygen atoms in total. The van der Waals surface area contributed by atoms with Crippen molar-refractivity contribution in [2.75, 3.05) is 0 Å². The Morgan fingerprint density at radius 3 is 2.63 bits per heavy atom. The van der Waals surface area contributed by atoms with E-state index < -0.39 is 0 Å². The summed E-state index contributed by atoms with van der Waals surface area (Å²) < 4.78 is 0. The first-order valence-electron chi connectivity index (χ1n) is 11.5. The normalized spacial score (nSPS) is 47.7. The van der Waals surface area contributed by atoms with E-state index in [2.05, 4.69) is 27.4 Å². The lowest BCUT2D eigenvalue weighted by atomic mass is 9.44. The summed E-state index contributed by atoms with van der Waals surface area (Å²) in [5.41, 5.74) is 0.121. The van der Waals surface area contributed by atoms with Crippen molar-refractivity contribution in [1.29, 1.82) is 0 Å². The van der Waals surface area contributed by atoms with Gasteiger partial charge in [-0.15, -0.1) is 6.58 Å². The second-order valence-electron chi connectivity index (χ2n) is 10.8. The SMILES string of the molecule is C=CCC[C@@H](C)[C@H]1CC[C@H]2[C@@H]3CC[C@@H]4CC(=O)CC[C@]4(C)[C@H]3CC(=O)[C@]12C. The number of carbonyl (C=O) groups excluding carboxylic acids is 2. The van der Waals surface area contributed by atoms with E-state index in [1.165, 1.54) is 32.1 Å². The van der Waals surface area contributed by atoms with Crippen molar-refractivity contribution in [3.8, 4) is 0 Å². The fourth-order valence-electron chi connectivity index (χ4n) is 8.28. The fraction of sp³-hybridized carbons (Fsp3) is 0.840. The number of Topliss-reactive ketones (excluding diaryl/α,β-unsaturated/α-hetero) is 2. The lowest BCUT2D eigenvalue weighted by Crippen LogP contribution is -2.57. The second-order valence-corrected chi connectivity index (χ2v) is 10.8. The predicted molar refractivity (Wildman–Crippen MR) is 109 cm³/mol. The molecule has 0 unspecified atom stereocenters. The zero-order valence-corrected chi connectivity index (χ0v) is 17.6. The first kappa shape index (κ1) is 19.4. The molecule has 2 heteroatoms. The molecule has 4 aliphatic carbocycles. The molecule has 4 rings (SSSR count). The molecular formula is C25H38O2. The average molecular weight is 371 g/mol. The smallest absolute Gasteiger partial charge is 0.139 e. The Balaban J connectivity index is 1.60. The largest absolute Gasteiger partial charge is 0.300 e. The summed E-state index contributed by atoms with van der Waals surface area (Å²) in [7, 11) is 0. The fourth-order valence-corrected chi connectivity index (χ4v) is 8.28. The number of fused-ring (bicyclic) bond motifs is 5. The van der Waals surface area contributed by atoms with E-state index in [9.17, 15) is 9.59 Å². The van der Waals surface area contributed by atoms with E-state index >= 15 is 0 Å². The summed E-state index contributed by atoms with van der Waals surface area (Å²) in [6, 6.07) is 0. The highest BCUT2D eigenvalue weighted by Gasteiger charge is 2.63. The van der Waals surface area contributed by atoms with Crippen molar-refractivity contribution in [3.63, 3.8) is 0 Å². The Labute approximate surface area is 165 Å². The van der Waals surface area contributed by atoms with Gasteiger partial charge in [0, 0.05) is 24.7 Å². The monoisotopic (exact) mass is 370 g/mol. The molecule has 4 fully saturated rings. The Morgan fingerprint density at radius 2 is 1.89 bits per heavy atom. The van der Waals surface area contributed by atoms with Crippen LogP contribution in [0.25, 0.3) is 0 Å². The van der Waals surface area contributed by atoms with Crippen LogP contribution < -0.4 is 0 Å². The molecule has 4 aliphatic rings. The summed E-state index contributed by atoms with van der Waals surface area (Å²) in [4.78, 5) is 25.7. The number of allylic oxidation sites excluding steroid dienone is 1. The molecule has 0 bridgehead atoms. The molecule has 0 N–H and O–H groups in total. The zero-order valence-electron chi connectivity index (χ0n) is 17.6. The van der Waals surface area contributed by atoms with E-state index in [4.69, 9.17) is 0 Å². The number of ketones is 2. The van der Waals surface area contributed by atoms with Crippen molar-refractivity contribution >= 4 is 11.6 Å². The van der Waals surface area contributed by atoms with E-state index in [-0.39, 0.29) is 10.8 Å². The summed E-state index contributed by atoms with van der Waals surface area (Å²) in [6.07, 6.45) is 12.5. The van der Waals surface area contributed by atoms with Crippen molar-refractivity contribution in [1.82, 2.24) is 0 Å². The molecule has 0 aliphatic heterocycles. The van der Waals surface area contributed by atoms with Gasteiger partial charge in [-0.25, -0.2) is 0 Å². The van der Waals surface area contributed by atoms with Gasteiger partial charge in [0.05, 0.1) is 0 Å². The van der Waals surface area contributed by atoms with Gasteiger partial charge in [0.2, 0.25) is 0 Å². The third-order valence-corrected chi connectivity index (χ3v) is 9.93. The van der Waals surface area contributed by atoms with Crippen LogP contribution in [0, 0.1) is 46.3 Å².